The monoisotopic (exact) mass is 308 g/mol. The predicted octanol–water partition coefficient (Wildman–Crippen LogP) is 1.60. The molecule has 1 rings (SSSR count). The smallest absolute Gasteiger partial charge is 0.263 e. The quantitative estimate of drug-likeness (QED) is 0.806. The molecule has 0 saturated heterocycles. The van der Waals surface area contributed by atoms with Crippen LogP contribution in [0.1, 0.15) is 23.5 Å². The highest BCUT2D eigenvalue weighted by atomic mass is 32.2. The van der Waals surface area contributed by atoms with Crippen LogP contribution in [0.5, 0.6) is 0 Å². The van der Waals surface area contributed by atoms with Gasteiger partial charge in [0.15, 0.2) is 9.84 Å². The van der Waals surface area contributed by atoms with Crippen LogP contribution in [-0.4, -0.2) is 32.9 Å². The molecule has 1 heterocycles. The molecule has 0 spiro atoms. The fourth-order valence-electron chi connectivity index (χ4n) is 1.35. The van der Waals surface area contributed by atoms with E-state index in [0.29, 0.717) is 4.21 Å². The summed E-state index contributed by atoms with van der Waals surface area (Å²) in [6, 6.07) is 0. The van der Waals surface area contributed by atoms with Gasteiger partial charge in [-0.15, -0.1) is 23.1 Å². The Morgan fingerprint density at radius 1 is 1.44 bits per heavy atom. The van der Waals surface area contributed by atoms with Crippen LogP contribution >= 0.6 is 23.1 Å². The number of sulfone groups is 1. The molecule has 0 atom stereocenters. The molecule has 1 aromatic heterocycles. The molecular formula is C10H16N2O3S3. The molecule has 0 aromatic carbocycles. The lowest BCUT2D eigenvalue weighted by molar-refractivity contribution is 0.0968. The molecule has 18 heavy (non-hydrogen) atoms. The van der Waals surface area contributed by atoms with Crippen LogP contribution in [0.25, 0.3) is 0 Å². The van der Waals surface area contributed by atoms with Gasteiger partial charge >= 0.3 is 0 Å². The number of nitrogens with two attached hydrogens (primary N) is 1. The third-order valence-corrected chi connectivity index (χ3v) is 6.69. The third kappa shape index (κ3) is 2.81. The average molecular weight is 308 g/mol. The minimum atomic E-state index is -3.42. The fraction of sp³-hybridized carbons (Fsp3) is 0.500. The zero-order valence-corrected chi connectivity index (χ0v) is 12.9. The van der Waals surface area contributed by atoms with Gasteiger partial charge < -0.3 is 11.1 Å². The topological polar surface area (TPSA) is 89.3 Å². The first-order valence-corrected chi connectivity index (χ1v) is 8.84. The summed E-state index contributed by atoms with van der Waals surface area (Å²) in [5.41, 5.74) is 5.90. The van der Waals surface area contributed by atoms with Gasteiger partial charge in [0.05, 0.1) is 15.6 Å². The van der Waals surface area contributed by atoms with Gasteiger partial charge in [-0.3, -0.25) is 4.79 Å². The molecule has 0 fully saturated rings. The summed E-state index contributed by atoms with van der Waals surface area (Å²) in [6.45, 7) is 3.48. The van der Waals surface area contributed by atoms with Crippen LogP contribution in [0.4, 0.5) is 5.69 Å². The molecule has 0 aliphatic heterocycles. The molecular weight excluding hydrogens is 292 g/mol. The summed E-state index contributed by atoms with van der Waals surface area (Å²) < 4.78 is 24.6. The van der Waals surface area contributed by atoms with Gasteiger partial charge in [0.2, 0.25) is 0 Å². The highest BCUT2D eigenvalue weighted by molar-refractivity contribution is 8.02. The average Bonchev–Trinajstić information content (AvgIpc) is 2.66. The van der Waals surface area contributed by atoms with Crippen LogP contribution in [0.3, 0.4) is 0 Å². The zero-order chi connectivity index (χ0) is 13.9. The number of carbonyl (C=O) groups is 1. The number of thioether (sulfide) groups is 1. The molecule has 8 heteroatoms. The van der Waals surface area contributed by atoms with Crippen LogP contribution in [0.15, 0.2) is 9.10 Å². The van der Waals surface area contributed by atoms with Crippen molar-refractivity contribution in [3.8, 4) is 0 Å². The molecule has 5 nitrogen and oxygen atoms in total. The fourth-order valence-corrected chi connectivity index (χ4v) is 5.60. The maximum Gasteiger partial charge on any atom is 0.263 e. The van der Waals surface area contributed by atoms with E-state index in [4.69, 9.17) is 5.73 Å². The van der Waals surface area contributed by atoms with Crippen LogP contribution in [-0.2, 0) is 9.84 Å². The van der Waals surface area contributed by atoms with Crippen molar-refractivity contribution in [2.75, 3.05) is 24.3 Å². The molecule has 1 aromatic rings. The Bertz CT molecular complexity index is 549. The molecule has 1 amide bonds. The second-order valence-corrected chi connectivity index (χ2v) is 8.15. The summed E-state index contributed by atoms with van der Waals surface area (Å²) in [4.78, 5) is 12.0. The van der Waals surface area contributed by atoms with E-state index in [1.165, 1.54) is 18.8 Å². The van der Waals surface area contributed by atoms with Crippen LogP contribution in [0.2, 0.25) is 0 Å². The second-order valence-electron chi connectivity index (χ2n) is 3.38. The van der Waals surface area contributed by atoms with Gasteiger partial charge in [0.1, 0.15) is 9.77 Å². The van der Waals surface area contributed by atoms with E-state index >= 15 is 0 Å². The second kappa shape index (κ2) is 5.94. The lowest BCUT2D eigenvalue weighted by Gasteiger charge is -2.03. The SMILES string of the molecule is CCSc1sc(C(=O)NC)c(N)c1S(=O)(=O)CC. The van der Waals surface area contributed by atoms with Crippen molar-refractivity contribution in [2.24, 2.45) is 0 Å². The van der Waals surface area contributed by atoms with Gasteiger partial charge in [-0.05, 0) is 5.75 Å². The van der Waals surface area contributed by atoms with E-state index in [2.05, 4.69) is 5.32 Å². The predicted molar refractivity (Wildman–Crippen MR) is 76.2 cm³/mol. The first kappa shape index (κ1) is 15.3. The highest BCUT2D eigenvalue weighted by Crippen LogP contribution is 2.41. The number of hydrogen-bond acceptors (Lipinski definition) is 6. The van der Waals surface area contributed by atoms with E-state index in [1.54, 1.807) is 6.92 Å². The molecule has 102 valence electrons. The van der Waals surface area contributed by atoms with Crippen molar-refractivity contribution in [1.29, 1.82) is 0 Å². The standard InChI is InChI=1S/C10H16N2O3S3/c1-4-16-10-8(18(14,15)5-2)6(11)7(17-10)9(13)12-3/h4-5,11H2,1-3H3,(H,12,13). The molecule has 0 radical (unpaired) electrons. The largest absolute Gasteiger partial charge is 0.396 e. The number of hydrogen-bond donors (Lipinski definition) is 2. The van der Waals surface area contributed by atoms with Gasteiger partial charge in [-0.25, -0.2) is 8.42 Å². The number of nitrogen functional groups attached to an aromatic ring is 1. The maximum absolute atomic E-state index is 12.0. The number of amides is 1. The summed E-state index contributed by atoms with van der Waals surface area (Å²) in [5, 5.41) is 2.46. The third-order valence-electron chi connectivity index (χ3n) is 2.27. The number of rotatable bonds is 5. The maximum atomic E-state index is 12.0. The van der Waals surface area contributed by atoms with Crippen molar-refractivity contribution in [3.63, 3.8) is 0 Å². The molecule has 0 unspecified atom stereocenters. The normalized spacial score (nSPS) is 11.5. The number of anilines is 1. The van der Waals surface area contributed by atoms with Crippen molar-refractivity contribution < 1.29 is 13.2 Å². The van der Waals surface area contributed by atoms with E-state index in [-0.39, 0.29) is 27.1 Å². The van der Waals surface area contributed by atoms with Gasteiger partial charge in [-0.1, -0.05) is 13.8 Å². The Labute approximate surface area is 115 Å². The molecule has 3 N–H and O–H groups in total. The van der Waals surface area contributed by atoms with Crippen molar-refractivity contribution in [1.82, 2.24) is 5.32 Å². The lowest BCUT2D eigenvalue weighted by Crippen LogP contribution is -2.18. The molecule has 0 aliphatic rings. The highest BCUT2D eigenvalue weighted by Gasteiger charge is 2.28. The summed E-state index contributed by atoms with van der Waals surface area (Å²) >= 11 is 2.52. The Kier molecular flexibility index (Phi) is 5.06. The first-order valence-electron chi connectivity index (χ1n) is 5.38. The van der Waals surface area contributed by atoms with Gasteiger partial charge in [0.25, 0.3) is 5.91 Å². The molecule has 0 aliphatic carbocycles. The Morgan fingerprint density at radius 2 is 2.06 bits per heavy atom. The summed E-state index contributed by atoms with van der Waals surface area (Å²) in [6.07, 6.45) is 0. The van der Waals surface area contributed by atoms with Gasteiger partial charge in [-0.2, -0.15) is 0 Å². The summed E-state index contributed by atoms with van der Waals surface area (Å²) in [5.74, 6) is 0.339. The lowest BCUT2D eigenvalue weighted by atomic mass is 10.4. The number of carbonyl (C=O) groups excluding carboxylic acids is 1. The molecule has 0 saturated carbocycles. The summed E-state index contributed by atoms with van der Waals surface area (Å²) in [7, 11) is -1.93. The van der Waals surface area contributed by atoms with E-state index in [0.717, 1.165) is 17.1 Å². The van der Waals surface area contributed by atoms with E-state index in [9.17, 15) is 13.2 Å². The number of nitrogens with one attached hydrogen (secondary N) is 1. The van der Waals surface area contributed by atoms with Crippen molar-refractivity contribution >= 4 is 44.5 Å². The van der Waals surface area contributed by atoms with E-state index < -0.39 is 9.84 Å². The Hall–Kier alpha value is -0.730. The van der Waals surface area contributed by atoms with E-state index in [1.807, 2.05) is 6.92 Å². The van der Waals surface area contributed by atoms with Crippen LogP contribution < -0.4 is 11.1 Å². The number of thiophene rings is 1. The van der Waals surface area contributed by atoms with Crippen molar-refractivity contribution in [2.45, 2.75) is 23.0 Å². The minimum Gasteiger partial charge on any atom is -0.396 e. The van der Waals surface area contributed by atoms with Crippen molar-refractivity contribution in [3.05, 3.63) is 4.88 Å². The zero-order valence-electron chi connectivity index (χ0n) is 10.4. The van der Waals surface area contributed by atoms with Gasteiger partial charge in [0, 0.05) is 7.05 Å². The Morgan fingerprint density at radius 3 is 2.50 bits per heavy atom. The minimum absolute atomic E-state index is 0.0294. The Balaban J connectivity index is 3.48. The first-order chi connectivity index (χ1) is 8.38. The molecule has 0 bridgehead atoms. The van der Waals surface area contributed by atoms with Crippen LogP contribution in [0, 0.1) is 0 Å².